The van der Waals surface area contributed by atoms with Gasteiger partial charge in [-0.2, -0.15) is 4.39 Å². The third-order valence-corrected chi connectivity index (χ3v) is 3.71. The molecule has 2 heterocycles. The van der Waals surface area contributed by atoms with E-state index < -0.39 is 23.5 Å². The Balaban J connectivity index is 1.68. The summed E-state index contributed by atoms with van der Waals surface area (Å²) in [6.07, 6.45) is 1.39. The lowest BCUT2D eigenvalue weighted by Crippen LogP contribution is -2.27. The van der Waals surface area contributed by atoms with Gasteiger partial charge < -0.3 is 14.8 Å². The summed E-state index contributed by atoms with van der Waals surface area (Å²) in [6, 6.07) is 6.69. The molecule has 1 aliphatic rings. The average Bonchev–Trinajstić information content (AvgIpc) is 2.96. The third kappa shape index (κ3) is 4.74. The Bertz CT molecular complexity index is 931. The second kappa shape index (κ2) is 7.81. The monoisotopic (exact) mass is 391 g/mol. The maximum absolute atomic E-state index is 14.1. The molecule has 0 bridgehead atoms. The van der Waals surface area contributed by atoms with Crippen LogP contribution >= 0.6 is 0 Å². The molecule has 1 aromatic carbocycles. The molecule has 3 rings (SSSR count). The molecular formula is C19H19F2N3O4. The number of amides is 1. The zero-order valence-corrected chi connectivity index (χ0v) is 15.5. The Morgan fingerprint density at radius 1 is 1.25 bits per heavy atom. The fourth-order valence-corrected chi connectivity index (χ4v) is 2.43. The van der Waals surface area contributed by atoms with Crippen molar-refractivity contribution in [2.45, 2.75) is 26.6 Å². The molecule has 1 aromatic heterocycles. The van der Waals surface area contributed by atoms with E-state index in [0.29, 0.717) is 5.76 Å². The van der Waals surface area contributed by atoms with Crippen molar-refractivity contribution in [1.82, 2.24) is 10.5 Å². The minimum atomic E-state index is -0.823. The standard InChI is InChI=1S/C19H19F2N3O4/c1-11-4-6-15(14(20)8-11)22-17-13(5-7-16(21)23-17)18(25)24-27-10-12-9-26-19(2,3)28-12/h4-9H,10H2,1-3H3,(H,22,23)(H,24,25). The number of halogens is 2. The van der Waals surface area contributed by atoms with Gasteiger partial charge in [0.15, 0.2) is 5.76 Å². The van der Waals surface area contributed by atoms with Crippen LogP contribution in [0.1, 0.15) is 29.8 Å². The molecule has 0 atom stereocenters. The van der Waals surface area contributed by atoms with E-state index in [-0.39, 0.29) is 23.7 Å². The van der Waals surface area contributed by atoms with Crippen LogP contribution < -0.4 is 10.8 Å². The first-order valence-corrected chi connectivity index (χ1v) is 8.41. The number of hydrogen-bond donors (Lipinski definition) is 2. The second-order valence-electron chi connectivity index (χ2n) is 6.56. The van der Waals surface area contributed by atoms with Gasteiger partial charge in [-0.1, -0.05) is 6.07 Å². The third-order valence-electron chi connectivity index (χ3n) is 3.71. The van der Waals surface area contributed by atoms with E-state index in [1.807, 2.05) is 0 Å². The molecule has 0 radical (unpaired) electrons. The van der Waals surface area contributed by atoms with Crippen molar-refractivity contribution < 1.29 is 27.9 Å². The molecule has 0 unspecified atom stereocenters. The molecule has 0 spiro atoms. The Kier molecular flexibility index (Phi) is 5.46. The number of benzene rings is 1. The van der Waals surface area contributed by atoms with Crippen LogP contribution in [0.15, 0.2) is 42.4 Å². The lowest BCUT2D eigenvalue weighted by atomic mass is 10.2. The minimum absolute atomic E-state index is 0.0284. The van der Waals surface area contributed by atoms with E-state index in [4.69, 9.17) is 14.3 Å². The summed E-state index contributed by atoms with van der Waals surface area (Å²) in [5.74, 6) is -2.62. The molecule has 0 fully saturated rings. The van der Waals surface area contributed by atoms with Gasteiger partial charge in [0.2, 0.25) is 11.7 Å². The topological polar surface area (TPSA) is 81.7 Å². The van der Waals surface area contributed by atoms with Crippen LogP contribution in [0.3, 0.4) is 0 Å². The van der Waals surface area contributed by atoms with E-state index in [9.17, 15) is 13.6 Å². The van der Waals surface area contributed by atoms with E-state index in [0.717, 1.165) is 11.6 Å². The van der Waals surface area contributed by atoms with Crippen molar-refractivity contribution in [3.8, 4) is 0 Å². The van der Waals surface area contributed by atoms with Gasteiger partial charge in [-0.25, -0.2) is 14.9 Å². The largest absolute Gasteiger partial charge is 0.457 e. The Morgan fingerprint density at radius 2 is 2.04 bits per heavy atom. The van der Waals surface area contributed by atoms with Gasteiger partial charge in [-0.05, 0) is 36.8 Å². The normalized spacial score (nSPS) is 14.7. The maximum Gasteiger partial charge on any atom is 0.278 e. The van der Waals surface area contributed by atoms with Crippen LogP contribution in [-0.4, -0.2) is 23.3 Å². The number of anilines is 2. The van der Waals surface area contributed by atoms with Crippen molar-refractivity contribution in [2.24, 2.45) is 0 Å². The Morgan fingerprint density at radius 3 is 2.71 bits per heavy atom. The van der Waals surface area contributed by atoms with Gasteiger partial charge in [0, 0.05) is 13.8 Å². The Hall–Kier alpha value is -3.20. The molecule has 7 nitrogen and oxygen atoms in total. The zero-order chi connectivity index (χ0) is 20.3. The summed E-state index contributed by atoms with van der Waals surface area (Å²) in [7, 11) is 0. The first-order valence-electron chi connectivity index (χ1n) is 8.41. The molecule has 1 amide bonds. The SMILES string of the molecule is Cc1ccc(Nc2nc(F)ccc2C(=O)NOCC2=COC(C)(C)O2)c(F)c1. The average molecular weight is 391 g/mol. The van der Waals surface area contributed by atoms with E-state index in [1.54, 1.807) is 26.8 Å². The number of ether oxygens (including phenoxy) is 2. The molecule has 148 valence electrons. The van der Waals surface area contributed by atoms with Crippen LogP contribution in [0.5, 0.6) is 0 Å². The predicted molar refractivity (Wildman–Crippen MR) is 96.4 cm³/mol. The molecule has 2 N–H and O–H groups in total. The van der Waals surface area contributed by atoms with Gasteiger partial charge in [-0.3, -0.25) is 9.63 Å². The van der Waals surface area contributed by atoms with Crippen molar-refractivity contribution in [1.29, 1.82) is 0 Å². The number of pyridine rings is 1. The number of carbonyl (C=O) groups is 1. The Labute approximate surface area is 160 Å². The smallest absolute Gasteiger partial charge is 0.278 e. The molecule has 0 aliphatic carbocycles. The molecule has 0 saturated carbocycles. The number of aryl methyl sites for hydroxylation is 1. The van der Waals surface area contributed by atoms with E-state index in [2.05, 4.69) is 15.8 Å². The number of aromatic nitrogens is 1. The van der Waals surface area contributed by atoms with E-state index in [1.165, 1.54) is 24.5 Å². The second-order valence-corrected chi connectivity index (χ2v) is 6.56. The van der Waals surface area contributed by atoms with Crippen molar-refractivity contribution >= 4 is 17.4 Å². The highest BCUT2D eigenvalue weighted by Gasteiger charge is 2.27. The summed E-state index contributed by atoms with van der Waals surface area (Å²) >= 11 is 0. The molecule has 2 aromatic rings. The van der Waals surface area contributed by atoms with Gasteiger partial charge >= 0.3 is 0 Å². The van der Waals surface area contributed by atoms with Crippen LogP contribution in [0.25, 0.3) is 0 Å². The summed E-state index contributed by atoms with van der Waals surface area (Å²) in [5, 5.41) is 2.63. The van der Waals surface area contributed by atoms with Gasteiger partial charge in [0.1, 0.15) is 24.5 Å². The highest BCUT2D eigenvalue weighted by atomic mass is 19.1. The fourth-order valence-electron chi connectivity index (χ4n) is 2.43. The summed E-state index contributed by atoms with van der Waals surface area (Å²) in [4.78, 5) is 21.1. The number of hydroxylamine groups is 1. The summed E-state index contributed by atoms with van der Waals surface area (Å²) in [5.41, 5.74) is 2.96. The van der Waals surface area contributed by atoms with Gasteiger partial charge in [0.05, 0.1) is 11.3 Å². The number of nitrogens with one attached hydrogen (secondary N) is 2. The van der Waals surface area contributed by atoms with Crippen LogP contribution in [0.4, 0.5) is 20.3 Å². The highest BCUT2D eigenvalue weighted by molar-refractivity contribution is 5.98. The first kappa shape index (κ1) is 19.6. The van der Waals surface area contributed by atoms with Gasteiger partial charge in [-0.15, -0.1) is 0 Å². The maximum atomic E-state index is 14.1. The van der Waals surface area contributed by atoms with Gasteiger partial charge in [0.25, 0.3) is 5.91 Å². The molecule has 1 aliphatic heterocycles. The fraction of sp³-hybridized carbons (Fsp3) is 0.263. The molecular weight excluding hydrogens is 372 g/mol. The number of hydrogen-bond acceptors (Lipinski definition) is 6. The number of rotatable bonds is 6. The van der Waals surface area contributed by atoms with Crippen molar-refractivity contribution in [3.63, 3.8) is 0 Å². The van der Waals surface area contributed by atoms with Crippen molar-refractivity contribution in [3.05, 3.63) is 65.2 Å². The lowest BCUT2D eigenvalue weighted by Gasteiger charge is -2.18. The molecule has 28 heavy (non-hydrogen) atoms. The highest BCUT2D eigenvalue weighted by Crippen LogP contribution is 2.25. The zero-order valence-electron chi connectivity index (χ0n) is 15.5. The number of carbonyl (C=O) groups excluding carboxylic acids is 1. The van der Waals surface area contributed by atoms with E-state index >= 15 is 0 Å². The van der Waals surface area contributed by atoms with Crippen molar-refractivity contribution in [2.75, 3.05) is 11.9 Å². The summed E-state index contributed by atoms with van der Waals surface area (Å²) < 4.78 is 38.3. The van der Waals surface area contributed by atoms with Crippen LogP contribution in [0.2, 0.25) is 0 Å². The molecule has 0 saturated heterocycles. The van der Waals surface area contributed by atoms with Crippen LogP contribution in [-0.2, 0) is 14.3 Å². The predicted octanol–water partition coefficient (Wildman–Crippen LogP) is 3.70. The van der Waals surface area contributed by atoms with Crippen LogP contribution in [0, 0.1) is 18.7 Å². The number of nitrogens with zero attached hydrogens (tertiary/aromatic N) is 1. The summed E-state index contributed by atoms with van der Waals surface area (Å²) in [6.45, 7) is 5.11. The quantitative estimate of drug-likeness (QED) is 0.577. The minimum Gasteiger partial charge on any atom is -0.457 e. The first-order chi connectivity index (χ1) is 13.2. The lowest BCUT2D eigenvalue weighted by molar-refractivity contribution is -0.123. The molecule has 9 heteroatoms.